The Morgan fingerprint density at radius 2 is 1.72 bits per heavy atom. The Morgan fingerprint density at radius 1 is 1.00 bits per heavy atom. The van der Waals surface area contributed by atoms with Crippen molar-refractivity contribution in [1.29, 1.82) is 0 Å². The van der Waals surface area contributed by atoms with Crippen molar-refractivity contribution in [2.75, 3.05) is 43.1 Å². The van der Waals surface area contributed by atoms with Crippen molar-refractivity contribution in [2.45, 2.75) is 0 Å². The van der Waals surface area contributed by atoms with E-state index >= 15 is 0 Å². The summed E-state index contributed by atoms with van der Waals surface area (Å²) in [6.45, 7) is 1.80. The molecule has 2 aliphatic rings. The molecular formula is C20H20N4O5. The number of urea groups is 1. The zero-order chi connectivity index (χ0) is 20.4. The van der Waals surface area contributed by atoms with E-state index in [2.05, 4.69) is 5.32 Å². The first kappa shape index (κ1) is 18.6. The van der Waals surface area contributed by atoms with E-state index in [1.807, 2.05) is 0 Å². The van der Waals surface area contributed by atoms with Crippen LogP contribution >= 0.6 is 0 Å². The second-order valence-corrected chi connectivity index (χ2v) is 6.67. The standard InChI is InChI=1S/C20H20N4O5/c21-19(26)13-1-3-14(4-2-13)22-18(25)12-23-7-8-24(20(23)27)15-5-6-16-17(11-15)29-10-9-28-16/h1-6,11H,7-10,12H2,(H2,21,26)(H,22,25). The molecule has 0 spiro atoms. The Balaban J connectivity index is 1.37. The van der Waals surface area contributed by atoms with Crippen molar-refractivity contribution in [1.82, 2.24) is 4.90 Å². The maximum atomic E-state index is 12.7. The summed E-state index contributed by atoms with van der Waals surface area (Å²) in [5.41, 5.74) is 6.77. The zero-order valence-corrected chi connectivity index (χ0v) is 15.6. The van der Waals surface area contributed by atoms with Crippen LogP contribution in [0.15, 0.2) is 42.5 Å². The first-order valence-corrected chi connectivity index (χ1v) is 9.17. The fourth-order valence-corrected chi connectivity index (χ4v) is 3.26. The zero-order valence-electron chi connectivity index (χ0n) is 15.6. The van der Waals surface area contributed by atoms with E-state index in [0.29, 0.717) is 54.7 Å². The first-order chi connectivity index (χ1) is 14.0. The van der Waals surface area contributed by atoms with Crippen molar-refractivity contribution in [3.63, 3.8) is 0 Å². The lowest BCUT2D eigenvalue weighted by Gasteiger charge is -2.22. The normalized spacial score (nSPS) is 15.4. The number of nitrogens with zero attached hydrogens (tertiary/aromatic N) is 2. The number of ether oxygens (including phenoxy) is 2. The number of carbonyl (C=O) groups is 3. The van der Waals surface area contributed by atoms with E-state index in [9.17, 15) is 14.4 Å². The van der Waals surface area contributed by atoms with Gasteiger partial charge >= 0.3 is 6.03 Å². The van der Waals surface area contributed by atoms with Gasteiger partial charge in [0.15, 0.2) is 11.5 Å². The van der Waals surface area contributed by atoms with Gasteiger partial charge in [0.2, 0.25) is 11.8 Å². The van der Waals surface area contributed by atoms with Gasteiger partial charge < -0.3 is 25.4 Å². The highest BCUT2D eigenvalue weighted by Crippen LogP contribution is 2.35. The van der Waals surface area contributed by atoms with Gasteiger partial charge in [0.25, 0.3) is 0 Å². The lowest BCUT2D eigenvalue weighted by atomic mass is 10.2. The quantitative estimate of drug-likeness (QED) is 0.794. The van der Waals surface area contributed by atoms with E-state index in [1.165, 1.54) is 17.0 Å². The Hall–Kier alpha value is -3.75. The van der Waals surface area contributed by atoms with Crippen molar-refractivity contribution in [2.24, 2.45) is 5.73 Å². The minimum absolute atomic E-state index is 0.0720. The highest BCUT2D eigenvalue weighted by molar-refractivity contribution is 6.00. The maximum Gasteiger partial charge on any atom is 0.325 e. The minimum atomic E-state index is -0.537. The third-order valence-corrected chi connectivity index (χ3v) is 4.72. The van der Waals surface area contributed by atoms with Crippen LogP contribution in [0.1, 0.15) is 10.4 Å². The summed E-state index contributed by atoms with van der Waals surface area (Å²) >= 11 is 0. The maximum absolute atomic E-state index is 12.7. The molecular weight excluding hydrogens is 376 g/mol. The molecule has 150 valence electrons. The lowest BCUT2D eigenvalue weighted by molar-refractivity contribution is -0.116. The minimum Gasteiger partial charge on any atom is -0.486 e. The monoisotopic (exact) mass is 396 g/mol. The summed E-state index contributed by atoms with van der Waals surface area (Å²) in [6, 6.07) is 11.3. The molecule has 0 aromatic heterocycles. The summed E-state index contributed by atoms with van der Waals surface area (Å²) in [6.07, 6.45) is 0. The number of hydrogen-bond acceptors (Lipinski definition) is 5. The molecule has 3 N–H and O–H groups in total. The van der Waals surface area contributed by atoms with Crippen molar-refractivity contribution in [3.05, 3.63) is 48.0 Å². The highest BCUT2D eigenvalue weighted by atomic mass is 16.6. The van der Waals surface area contributed by atoms with Crippen molar-refractivity contribution in [3.8, 4) is 11.5 Å². The third kappa shape index (κ3) is 3.93. The molecule has 0 radical (unpaired) electrons. The number of nitrogens with two attached hydrogens (primary N) is 1. The number of benzene rings is 2. The van der Waals surface area contributed by atoms with E-state index in [1.54, 1.807) is 35.2 Å². The van der Waals surface area contributed by atoms with Crippen molar-refractivity contribution >= 4 is 29.2 Å². The fourth-order valence-electron chi connectivity index (χ4n) is 3.26. The van der Waals surface area contributed by atoms with Crippen LogP contribution in [0, 0.1) is 0 Å². The Bertz CT molecular complexity index is 960. The van der Waals surface area contributed by atoms with Gasteiger partial charge in [0.05, 0.1) is 0 Å². The SMILES string of the molecule is NC(=O)c1ccc(NC(=O)CN2CCN(c3ccc4c(c3)OCCO4)C2=O)cc1. The number of fused-ring (bicyclic) bond motifs is 1. The number of amides is 4. The van der Waals surface area contributed by atoms with Crippen LogP contribution in [0.25, 0.3) is 0 Å². The lowest BCUT2D eigenvalue weighted by Crippen LogP contribution is -2.37. The molecule has 0 aliphatic carbocycles. The van der Waals surface area contributed by atoms with Gasteiger partial charge in [-0.25, -0.2) is 4.79 Å². The van der Waals surface area contributed by atoms with Gasteiger partial charge in [-0.05, 0) is 36.4 Å². The van der Waals surface area contributed by atoms with Crippen LogP contribution in [0.5, 0.6) is 11.5 Å². The molecule has 0 atom stereocenters. The predicted octanol–water partition coefficient (Wildman–Crippen LogP) is 1.44. The largest absolute Gasteiger partial charge is 0.486 e. The molecule has 9 heteroatoms. The molecule has 0 bridgehead atoms. The summed E-state index contributed by atoms with van der Waals surface area (Å²) in [4.78, 5) is 39.2. The molecule has 1 saturated heterocycles. The van der Waals surface area contributed by atoms with E-state index in [4.69, 9.17) is 15.2 Å². The average molecular weight is 396 g/mol. The number of hydrogen-bond donors (Lipinski definition) is 2. The number of carbonyl (C=O) groups excluding carboxylic acids is 3. The Labute approximate surface area is 167 Å². The van der Waals surface area contributed by atoms with Gasteiger partial charge in [-0.1, -0.05) is 0 Å². The first-order valence-electron chi connectivity index (χ1n) is 9.17. The summed E-state index contributed by atoms with van der Waals surface area (Å²) in [7, 11) is 0. The van der Waals surface area contributed by atoms with Crippen LogP contribution in [0.4, 0.5) is 16.2 Å². The number of rotatable bonds is 5. The van der Waals surface area contributed by atoms with Crippen LogP contribution in [-0.4, -0.2) is 55.6 Å². The summed E-state index contributed by atoms with van der Waals surface area (Å²) in [5.74, 6) is 0.404. The van der Waals surface area contributed by atoms with Crippen LogP contribution < -0.4 is 25.4 Å². The van der Waals surface area contributed by atoms with E-state index in [-0.39, 0.29) is 18.5 Å². The molecule has 2 aromatic rings. The van der Waals surface area contributed by atoms with Gasteiger partial charge in [-0.2, -0.15) is 0 Å². The predicted molar refractivity (Wildman–Crippen MR) is 105 cm³/mol. The molecule has 9 nitrogen and oxygen atoms in total. The molecule has 2 heterocycles. The molecule has 1 fully saturated rings. The van der Waals surface area contributed by atoms with Crippen LogP contribution in [0.2, 0.25) is 0 Å². The van der Waals surface area contributed by atoms with Gasteiger partial charge in [0.1, 0.15) is 19.8 Å². The average Bonchev–Trinajstić information content (AvgIpc) is 3.08. The molecule has 4 amide bonds. The van der Waals surface area contributed by atoms with Gasteiger partial charge in [-0.3, -0.25) is 14.5 Å². The summed E-state index contributed by atoms with van der Waals surface area (Å²) < 4.78 is 11.1. The third-order valence-electron chi connectivity index (χ3n) is 4.72. The fraction of sp³-hybridized carbons (Fsp3) is 0.250. The van der Waals surface area contributed by atoms with E-state index in [0.717, 1.165) is 0 Å². The smallest absolute Gasteiger partial charge is 0.325 e. The van der Waals surface area contributed by atoms with Gasteiger partial charge in [0, 0.05) is 36.1 Å². The van der Waals surface area contributed by atoms with Gasteiger partial charge in [-0.15, -0.1) is 0 Å². The second kappa shape index (κ2) is 7.70. The topological polar surface area (TPSA) is 114 Å². The number of nitrogens with one attached hydrogen (secondary N) is 1. The second-order valence-electron chi connectivity index (χ2n) is 6.67. The van der Waals surface area contributed by atoms with Crippen LogP contribution in [0.3, 0.4) is 0 Å². The molecule has 0 unspecified atom stereocenters. The Kier molecular flexibility index (Phi) is 4.94. The molecule has 2 aromatic carbocycles. The number of primary amides is 1. The number of anilines is 2. The molecule has 2 aliphatic heterocycles. The molecule has 0 saturated carbocycles. The Morgan fingerprint density at radius 3 is 2.45 bits per heavy atom. The summed E-state index contributed by atoms with van der Waals surface area (Å²) in [5, 5.41) is 2.71. The molecule has 29 heavy (non-hydrogen) atoms. The van der Waals surface area contributed by atoms with Crippen molar-refractivity contribution < 1.29 is 23.9 Å². The van der Waals surface area contributed by atoms with E-state index < -0.39 is 5.91 Å². The molecule has 4 rings (SSSR count). The van der Waals surface area contributed by atoms with Crippen LogP contribution in [-0.2, 0) is 4.79 Å². The highest BCUT2D eigenvalue weighted by Gasteiger charge is 2.31.